The highest BCUT2D eigenvalue weighted by Crippen LogP contribution is 2.31. The summed E-state index contributed by atoms with van der Waals surface area (Å²) in [5, 5.41) is 6.56. The van der Waals surface area contributed by atoms with Gasteiger partial charge in [0.2, 0.25) is 5.95 Å². The first kappa shape index (κ1) is 17.3. The molecule has 0 radical (unpaired) electrons. The molecular formula is C21H22N4O2. The molecule has 27 heavy (non-hydrogen) atoms. The van der Waals surface area contributed by atoms with Gasteiger partial charge < -0.3 is 20.1 Å². The molecule has 1 aliphatic rings. The molecule has 2 N–H and O–H groups in total. The summed E-state index contributed by atoms with van der Waals surface area (Å²) in [7, 11) is 0. The Balaban J connectivity index is 1.45. The lowest BCUT2D eigenvalue weighted by atomic mass is 10.2. The van der Waals surface area contributed by atoms with Crippen molar-refractivity contribution in [3.8, 4) is 11.5 Å². The standard InChI is InChI=1S/C21H22N4O2/c1-2-7-16(8-3-1)27-19-11-5-4-10-18(19)24-20-12-13-22-21(25-20)23-15-17-9-6-14-26-17/h1-5,7-8,10-13,17H,6,9,14-15H2,(H2,22,23,24,25). The molecule has 1 saturated heterocycles. The van der Waals surface area contributed by atoms with Crippen LogP contribution in [0.5, 0.6) is 11.5 Å². The highest BCUT2D eigenvalue weighted by Gasteiger charge is 2.15. The molecule has 0 spiro atoms. The fraction of sp³-hybridized carbons (Fsp3) is 0.238. The minimum absolute atomic E-state index is 0.241. The smallest absolute Gasteiger partial charge is 0.224 e. The highest BCUT2D eigenvalue weighted by atomic mass is 16.5. The van der Waals surface area contributed by atoms with E-state index in [0.717, 1.165) is 43.2 Å². The summed E-state index contributed by atoms with van der Waals surface area (Å²) in [4.78, 5) is 8.82. The predicted molar refractivity (Wildman–Crippen MR) is 106 cm³/mol. The summed E-state index contributed by atoms with van der Waals surface area (Å²) in [5.74, 6) is 2.80. The molecule has 1 atom stereocenters. The Hall–Kier alpha value is -3.12. The Morgan fingerprint density at radius 2 is 1.89 bits per heavy atom. The zero-order valence-corrected chi connectivity index (χ0v) is 15.0. The first-order valence-corrected chi connectivity index (χ1v) is 9.14. The van der Waals surface area contributed by atoms with Crippen LogP contribution in [0.1, 0.15) is 12.8 Å². The SMILES string of the molecule is c1ccc(Oc2ccccc2Nc2ccnc(NCC3CCCO3)n2)cc1. The van der Waals surface area contributed by atoms with Crippen molar-refractivity contribution in [2.45, 2.75) is 18.9 Å². The molecule has 6 nitrogen and oxygen atoms in total. The number of nitrogens with zero attached hydrogens (tertiary/aromatic N) is 2. The van der Waals surface area contributed by atoms with Gasteiger partial charge in [0, 0.05) is 19.3 Å². The largest absolute Gasteiger partial charge is 0.455 e. The minimum atomic E-state index is 0.241. The molecule has 0 bridgehead atoms. The van der Waals surface area contributed by atoms with Gasteiger partial charge in [0.15, 0.2) is 5.75 Å². The van der Waals surface area contributed by atoms with Crippen LogP contribution >= 0.6 is 0 Å². The predicted octanol–water partition coefficient (Wildman–Crippen LogP) is 4.60. The number of ether oxygens (including phenoxy) is 2. The maximum Gasteiger partial charge on any atom is 0.224 e. The Labute approximate surface area is 158 Å². The van der Waals surface area contributed by atoms with E-state index in [4.69, 9.17) is 9.47 Å². The molecule has 1 unspecified atom stereocenters. The Bertz CT molecular complexity index is 867. The van der Waals surface area contributed by atoms with Gasteiger partial charge in [-0.15, -0.1) is 0 Å². The van der Waals surface area contributed by atoms with E-state index in [9.17, 15) is 0 Å². The molecule has 1 fully saturated rings. The molecule has 138 valence electrons. The Morgan fingerprint density at radius 1 is 1.04 bits per heavy atom. The maximum atomic E-state index is 5.99. The summed E-state index contributed by atoms with van der Waals surface area (Å²) in [6.45, 7) is 1.56. The van der Waals surface area contributed by atoms with Gasteiger partial charge in [-0.3, -0.25) is 0 Å². The number of benzene rings is 2. The van der Waals surface area contributed by atoms with E-state index in [1.54, 1.807) is 6.20 Å². The summed E-state index contributed by atoms with van der Waals surface area (Å²) in [6, 6.07) is 19.3. The van der Waals surface area contributed by atoms with Crippen LogP contribution in [0.3, 0.4) is 0 Å². The van der Waals surface area contributed by atoms with Crippen LogP contribution in [0.4, 0.5) is 17.5 Å². The van der Waals surface area contributed by atoms with Gasteiger partial charge >= 0.3 is 0 Å². The second-order valence-corrected chi connectivity index (χ2v) is 6.32. The van der Waals surface area contributed by atoms with E-state index < -0.39 is 0 Å². The van der Waals surface area contributed by atoms with Crippen LogP contribution in [0, 0.1) is 0 Å². The number of hydrogen-bond donors (Lipinski definition) is 2. The average molecular weight is 362 g/mol. The van der Waals surface area contributed by atoms with Gasteiger partial charge in [-0.1, -0.05) is 30.3 Å². The van der Waals surface area contributed by atoms with E-state index in [2.05, 4.69) is 20.6 Å². The first-order chi connectivity index (χ1) is 13.4. The van der Waals surface area contributed by atoms with Crippen molar-refractivity contribution in [1.29, 1.82) is 0 Å². The van der Waals surface area contributed by atoms with Crippen molar-refractivity contribution in [2.24, 2.45) is 0 Å². The molecule has 2 heterocycles. The molecule has 0 saturated carbocycles. The van der Waals surface area contributed by atoms with Crippen molar-refractivity contribution < 1.29 is 9.47 Å². The lowest BCUT2D eigenvalue weighted by Crippen LogP contribution is -2.19. The van der Waals surface area contributed by atoms with Crippen LogP contribution in [0.15, 0.2) is 66.9 Å². The molecule has 3 aromatic rings. The number of rotatable bonds is 7. The Kier molecular flexibility index (Phi) is 5.45. The molecule has 0 amide bonds. The monoisotopic (exact) mass is 362 g/mol. The second kappa shape index (κ2) is 8.51. The molecular weight excluding hydrogens is 340 g/mol. The number of aromatic nitrogens is 2. The molecule has 2 aromatic carbocycles. The van der Waals surface area contributed by atoms with E-state index in [-0.39, 0.29) is 6.10 Å². The van der Waals surface area contributed by atoms with Crippen molar-refractivity contribution in [2.75, 3.05) is 23.8 Å². The molecule has 6 heteroatoms. The lowest BCUT2D eigenvalue weighted by Gasteiger charge is -2.14. The van der Waals surface area contributed by atoms with Gasteiger partial charge in [0.1, 0.15) is 11.6 Å². The van der Waals surface area contributed by atoms with E-state index >= 15 is 0 Å². The third-order valence-electron chi connectivity index (χ3n) is 4.29. The fourth-order valence-corrected chi connectivity index (χ4v) is 2.94. The topological polar surface area (TPSA) is 68.3 Å². The minimum Gasteiger partial charge on any atom is -0.455 e. The molecule has 0 aliphatic carbocycles. The van der Waals surface area contributed by atoms with Crippen molar-refractivity contribution >= 4 is 17.5 Å². The quantitative estimate of drug-likeness (QED) is 0.640. The summed E-state index contributed by atoms with van der Waals surface area (Å²) < 4.78 is 11.6. The zero-order chi connectivity index (χ0) is 18.3. The number of anilines is 3. The van der Waals surface area contributed by atoms with E-state index in [0.29, 0.717) is 11.8 Å². The van der Waals surface area contributed by atoms with Gasteiger partial charge in [-0.2, -0.15) is 4.98 Å². The van der Waals surface area contributed by atoms with Crippen LogP contribution in [-0.2, 0) is 4.74 Å². The van der Waals surface area contributed by atoms with Crippen LogP contribution in [0.25, 0.3) is 0 Å². The average Bonchev–Trinajstić information content (AvgIpc) is 3.23. The molecule has 1 aromatic heterocycles. The maximum absolute atomic E-state index is 5.99. The van der Waals surface area contributed by atoms with Gasteiger partial charge in [-0.25, -0.2) is 4.98 Å². The number of para-hydroxylation sites is 3. The number of hydrogen-bond acceptors (Lipinski definition) is 6. The lowest BCUT2D eigenvalue weighted by molar-refractivity contribution is 0.120. The zero-order valence-electron chi connectivity index (χ0n) is 15.0. The number of nitrogens with one attached hydrogen (secondary N) is 2. The van der Waals surface area contributed by atoms with Gasteiger partial charge in [0.05, 0.1) is 11.8 Å². The summed E-state index contributed by atoms with van der Waals surface area (Å²) >= 11 is 0. The van der Waals surface area contributed by atoms with Crippen LogP contribution in [0.2, 0.25) is 0 Å². The van der Waals surface area contributed by atoms with Gasteiger partial charge in [0.25, 0.3) is 0 Å². The van der Waals surface area contributed by atoms with Crippen LogP contribution in [-0.4, -0.2) is 29.2 Å². The highest BCUT2D eigenvalue weighted by molar-refractivity contribution is 5.65. The third-order valence-corrected chi connectivity index (χ3v) is 4.29. The third kappa shape index (κ3) is 4.74. The van der Waals surface area contributed by atoms with Crippen LogP contribution < -0.4 is 15.4 Å². The normalized spacial score (nSPS) is 16.1. The van der Waals surface area contributed by atoms with Gasteiger partial charge in [-0.05, 0) is 43.2 Å². The summed E-state index contributed by atoms with van der Waals surface area (Å²) in [5.41, 5.74) is 0.838. The van der Waals surface area contributed by atoms with Crippen molar-refractivity contribution in [3.63, 3.8) is 0 Å². The van der Waals surface area contributed by atoms with E-state index in [1.807, 2.05) is 60.7 Å². The summed E-state index contributed by atoms with van der Waals surface area (Å²) in [6.07, 6.45) is 4.17. The second-order valence-electron chi connectivity index (χ2n) is 6.32. The molecule has 4 rings (SSSR count). The van der Waals surface area contributed by atoms with Crippen molar-refractivity contribution in [3.05, 3.63) is 66.9 Å². The van der Waals surface area contributed by atoms with E-state index in [1.165, 1.54) is 0 Å². The van der Waals surface area contributed by atoms with Crippen molar-refractivity contribution in [1.82, 2.24) is 9.97 Å². The molecule has 1 aliphatic heterocycles. The fourth-order valence-electron chi connectivity index (χ4n) is 2.94. The Morgan fingerprint density at radius 3 is 2.74 bits per heavy atom. The first-order valence-electron chi connectivity index (χ1n) is 9.14.